The number of methoxy groups -OCH3 is 2. The molecule has 2 saturated heterocycles. The van der Waals surface area contributed by atoms with Gasteiger partial charge in [-0.1, -0.05) is 6.07 Å². The van der Waals surface area contributed by atoms with Gasteiger partial charge in [0.25, 0.3) is 0 Å². The number of nitrogens with one attached hydrogen (secondary N) is 2. The van der Waals surface area contributed by atoms with E-state index in [2.05, 4.69) is 23.6 Å². The summed E-state index contributed by atoms with van der Waals surface area (Å²) in [6, 6.07) is 6.48. The second-order valence-electron chi connectivity index (χ2n) is 6.91. The number of aliphatic imine (C=N–C) groups is 1. The third-order valence-corrected chi connectivity index (χ3v) is 5.11. The summed E-state index contributed by atoms with van der Waals surface area (Å²) >= 11 is 0. The van der Waals surface area contributed by atoms with Crippen LogP contribution in [-0.2, 0) is 11.2 Å². The molecule has 0 aliphatic carbocycles. The summed E-state index contributed by atoms with van der Waals surface area (Å²) in [6.45, 7) is 3.74. The monoisotopic (exact) mass is 489 g/mol. The zero-order chi connectivity index (χ0) is 18.4. The molecule has 3 rings (SSSR count). The first-order chi connectivity index (χ1) is 12.7. The van der Waals surface area contributed by atoms with Crippen LogP contribution in [0.25, 0.3) is 0 Å². The fraction of sp³-hybridized carbons (Fsp3) is 0.650. The van der Waals surface area contributed by atoms with Gasteiger partial charge >= 0.3 is 0 Å². The predicted octanol–water partition coefficient (Wildman–Crippen LogP) is 3.13. The van der Waals surface area contributed by atoms with Gasteiger partial charge in [-0.2, -0.15) is 0 Å². The van der Waals surface area contributed by atoms with Gasteiger partial charge in [0, 0.05) is 13.1 Å². The third kappa shape index (κ3) is 5.88. The highest BCUT2D eigenvalue weighted by Crippen LogP contribution is 2.34. The Kier molecular flexibility index (Phi) is 8.95. The van der Waals surface area contributed by atoms with Crippen molar-refractivity contribution in [2.45, 2.75) is 57.3 Å². The first kappa shape index (κ1) is 22.1. The van der Waals surface area contributed by atoms with Crippen molar-refractivity contribution < 1.29 is 14.2 Å². The van der Waals surface area contributed by atoms with E-state index in [0.29, 0.717) is 18.2 Å². The Morgan fingerprint density at radius 1 is 1.22 bits per heavy atom. The molecule has 0 aromatic heterocycles. The Morgan fingerprint density at radius 3 is 2.67 bits per heavy atom. The normalized spacial score (nSPS) is 23.7. The number of guanidine groups is 1. The maximum atomic E-state index is 5.92. The summed E-state index contributed by atoms with van der Waals surface area (Å²) in [7, 11) is 3.32. The first-order valence-electron chi connectivity index (χ1n) is 9.64. The summed E-state index contributed by atoms with van der Waals surface area (Å²) in [6.07, 6.45) is 6.23. The van der Waals surface area contributed by atoms with E-state index in [-0.39, 0.29) is 24.0 Å². The minimum Gasteiger partial charge on any atom is -0.493 e. The molecule has 2 fully saturated rings. The molecule has 1 aromatic carbocycles. The molecule has 0 amide bonds. The van der Waals surface area contributed by atoms with Crippen LogP contribution in [0.15, 0.2) is 23.2 Å². The molecule has 0 radical (unpaired) electrons. The number of rotatable bonds is 8. The van der Waals surface area contributed by atoms with Gasteiger partial charge in [-0.25, -0.2) is 0 Å². The molecule has 2 heterocycles. The lowest BCUT2D eigenvalue weighted by Gasteiger charge is -2.22. The number of ether oxygens (including phenoxy) is 3. The summed E-state index contributed by atoms with van der Waals surface area (Å²) in [5.74, 6) is 2.45. The number of hydrogen-bond donors (Lipinski definition) is 2. The molecule has 1 aromatic rings. The summed E-state index contributed by atoms with van der Waals surface area (Å²) in [4.78, 5) is 4.73. The largest absolute Gasteiger partial charge is 0.493 e. The number of halogens is 1. The van der Waals surface area contributed by atoms with Crippen molar-refractivity contribution in [1.29, 1.82) is 0 Å². The number of nitrogens with zero attached hydrogens (tertiary/aromatic N) is 1. The molecule has 2 aliphatic rings. The highest BCUT2D eigenvalue weighted by atomic mass is 127. The smallest absolute Gasteiger partial charge is 0.191 e. The Morgan fingerprint density at radius 2 is 2.04 bits per heavy atom. The van der Waals surface area contributed by atoms with E-state index in [4.69, 9.17) is 19.2 Å². The highest BCUT2D eigenvalue weighted by molar-refractivity contribution is 14.0. The Bertz CT molecular complexity index is 626. The molecule has 152 valence electrons. The van der Waals surface area contributed by atoms with Gasteiger partial charge in [0.15, 0.2) is 17.5 Å². The van der Waals surface area contributed by atoms with Crippen molar-refractivity contribution in [2.24, 2.45) is 4.99 Å². The molecule has 0 saturated carbocycles. The van der Waals surface area contributed by atoms with E-state index in [1.807, 2.05) is 12.1 Å². The van der Waals surface area contributed by atoms with Gasteiger partial charge in [-0.3, -0.25) is 4.99 Å². The van der Waals surface area contributed by atoms with Crippen molar-refractivity contribution in [3.05, 3.63) is 23.8 Å². The zero-order valence-corrected chi connectivity index (χ0v) is 18.8. The molecular formula is C20H32IN3O3. The molecule has 2 bridgehead atoms. The fourth-order valence-electron chi connectivity index (χ4n) is 3.80. The van der Waals surface area contributed by atoms with E-state index >= 15 is 0 Å². The molecule has 7 heteroatoms. The Balaban J connectivity index is 0.00000261. The van der Waals surface area contributed by atoms with E-state index in [9.17, 15) is 0 Å². The molecule has 0 spiro atoms. The van der Waals surface area contributed by atoms with Crippen LogP contribution in [0.5, 0.6) is 11.5 Å². The zero-order valence-electron chi connectivity index (χ0n) is 16.5. The Hall–Kier alpha value is -1.22. The number of benzene rings is 1. The average molecular weight is 489 g/mol. The molecule has 3 unspecified atom stereocenters. The lowest BCUT2D eigenvalue weighted by atomic mass is 9.96. The SMILES string of the molecule is CCNC(=NCCCc1ccc(OC)c(OC)c1)NC1CC2CCC1O2.I. The highest BCUT2D eigenvalue weighted by Gasteiger charge is 2.41. The maximum Gasteiger partial charge on any atom is 0.191 e. The van der Waals surface area contributed by atoms with Crippen molar-refractivity contribution in [3.8, 4) is 11.5 Å². The van der Waals surface area contributed by atoms with E-state index in [1.54, 1.807) is 14.2 Å². The van der Waals surface area contributed by atoms with E-state index in [0.717, 1.165) is 49.8 Å². The Labute approximate surface area is 179 Å². The average Bonchev–Trinajstić information content (AvgIpc) is 3.28. The van der Waals surface area contributed by atoms with Gasteiger partial charge in [0.05, 0.1) is 32.5 Å². The molecule has 2 N–H and O–H groups in total. The van der Waals surface area contributed by atoms with Gasteiger partial charge in [0.1, 0.15) is 0 Å². The first-order valence-corrected chi connectivity index (χ1v) is 9.64. The minimum atomic E-state index is 0. The van der Waals surface area contributed by atoms with E-state index < -0.39 is 0 Å². The van der Waals surface area contributed by atoms with Gasteiger partial charge < -0.3 is 24.8 Å². The quantitative estimate of drug-likeness (QED) is 0.254. The minimum absolute atomic E-state index is 0. The maximum absolute atomic E-state index is 5.92. The second-order valence-corrected chi connectivity index (χ2v) is 6.91. The van der Waals surface area contributed by atoms with Crippen LogP contribution in [0.4, 0.5) is 0 Å². The van der Waals surface area contributed by atoms with Crippen molar-refractivity contribution in [3.63, 3.8) is 0 Å². The van der Waals surface area contributed by atoms with Gasteiger partial charge in [-0.05, 0) is 56.7 Å². The molecule has 3 atom stereocenters. The lowest BCUT2D eigenvalue weighted by molar-refractivity contribution is 0.0992. The van der Waals surface area contributed by atoms with Crippen molar-refractivity contribution >= 4 is 29.9 Å². The predicted molar refractivity (Wildman–Crippen MR) is 119 cm³/mol. The molecular weight excluding hydrogens is 457 g/mol. The standard InChI is InChI=1S/C20H31N3O3.HI/c1-4-21-20(23-16-13-15-8-10-17(16)26-15)22-11-5-6-14-7-9-18(24-2)19(12-14)25-3;/h7,9,12,15-17H,4-6,8,10-11,13H2,1-3H3,(H2,21,22,23);1H. The van der Waals surface area contributed by atoms with Crippen molar-refractivity contribution in [1.82, 2.24) is 10.6 Å². The number of hydrogen-bond acceptors (Lipinski definition) is 4. The lowest BCUT2D eigenvalue weighted by Crippen LogP contribution is -2.47. The van der Waals surface area contributed by atoms with Crippen LogP contribution in [-0.4, -0.2) is 51.5 Å². The van der Waals surface area contributed by atoms with Crippen molar-refractivity contribution in [2.75, 3.05) is 27.3 Å². The van der Waals surface area contributed by atoms with Crippen LogP contribution in [0.1, 0.15) is 38.2 Å². The summed E-state index contributed by atoms with van der Waals surface area (Å²) in [5, 5.41) is 6.91. The van der Waals surface area contributed by atoms with Crippen LogP contribution in [0.3, 0.4) is 0 Å². The topological polar surface area (TPSA) is 64.1 Å². The van der Waals surface area contributed by atoms with Crippen LogP contribution in [0.2, 0.25) is 0 Å². The number of aryl methyl sites for hydroxylation is 1. The third-order valence-electron chi connectivity index (χ3n) is 5.11. The number of fused-ring (bicyclic) bond motifs is 2. The van der Waals surface area contributed by atoms with Gasteiger partial charge in [-0.15, -0.1) is 24.0 Å². The second kappa shape index (κ2) is 10.9. The summed E-state index contributed by atoms with van der Waals surface area (Å²) in [5.41, 5.74) is 1.23. The molecule has 2 aliphatic heterocycles. The molecule has 6 nitrogen and oxygen atoms in total. The van der Waals surface area contributed by atoms with E-state index in [1.165, 1.54) is 18.4 Å². The van der Waals surface area contributed by atoms with Crippen LogP contribution in [0, 0.1) is 0 Å². The van der Waals surface area contributed by atoms with Crippen LogP contribution < -0.4 is 20.1 Å². The fourth-order valence-corrected chi connectivity index (χ4v) is 3.80. The summed E-state index contributed by atoms with van der Waals surface area (Å²) < 4.78 is 16.6. The molecule has 27 heavy (non-hydrogen) atoms. The van der Waals surface area contributed by atoms with Crippen LogP contribution >= 0.6 is 24.0 Å². The van der Waals surface area contributed by atoms with Gasteiger partial charge in [0.2, 0.25) is 0 Å².